The summed E-state index contributed by atoms with van der Waals surface area (Å²) in [5, 5.41) is 0. The Morgan fingerprint density at radius 3 is 2.45 bits per heavy atom. The van der Waals surface area contributed by atoms with Gasteiger partial charge in [0.15, 0.2) is 4.80 Å². The molecule has 1 aliphatic heterocycles. The molecule has 0 spiro atoms. The highest BCUT2D eigenvalue weighted by atomic mass is 35.5. The number of aromatic nitrogens is 1. The minimum atomic E-state index is -0.582. The smallest absolute Gasteiger partial charge is 0.348 e. The summed E-state index contributed by atoms with van der Waals surface area (Å²) >= 11 is 1.09. The molecule has 0 aliphatic carbocycles. The fourth-order valence-electron chi connectivity index (χ4n) is 3.23. The Bertz CT molecular complexity index is 1060. The number of halogens is 1. The Morgan fingerprint density at radius 2 is 1.82 bits per heavy atom. The van der Waals surface area contributed by atoms with E-state index in [2.05, 4.69) is 9.89 Å². The number of morpholine rings is 1. The van der Waals surface area contributed by atoms with Gasteiger partial charge in [-0.05, 0) is 37.6 Å². The molecular weight excluding hydrogens is 470 g/mol. The van der Waals surface area contributed by atoms with Crippen molar-refractivity contribution >= 4 is 29.0 Å². The molecule has 33 heavy (non-hydrogen) atoms. The predicted molar refractivity (Wildman–Crippen MR) is 119 cm³/mol. The van der Waals surface area contributed by atoms with Crippen LogP contribution in [0.15, 0.2) is 40.1 Å². The number of hydrogen-bond donors (Lipinski definition) is 0. The van der Waals surface area contributed by atoms with E-state index in [1.165, 1.54) is 13.2 Å². The number of carbonyl (C=O) groups excluding carboxylic acids is 2. The maximum atomic E-state index is 12.8. The van der Waals surface area contributed by atoms with Gasteiger partial charge in [0.25, 0.3) is 5.56 Å². The number of esters is 2. The first-order valence-corrected chi connectivity index (χ1v) is 11.3. The second-order valence-electron chi connectivity index (χ2n) is 7.06. The van der Waals surface area contributed by atoms with Gasteiger partial charge in [0.05, 0.1) is 38.2 Å². The van der Waals surface area contributed by atoms with E-state index in [1.807, 2.05) is 0 Å². The molecule has 0 N–H and O–H groups in total. The minimum Gasteiger partial charge on any atom is -1.00 e. The van der Waals surface area contributed by atoms with Crippen LogP contribution in [0.3, 0.4) is 0 Å². The maximum absolute atomic E-state index is 12.8. The quantitative estimate of drug-likeness (QED) is 0.425. The number of benzene rings is 1. The van der Waals surface area contributed by atoms with Crippen molar-refractivity contribution in [2.75, 3.05) is 46.6 Å². The van der Waals surface area contributed by atoms with Gasteiger partial charge in [-0.3, -0.25) is 14.3 Å². The van der Waals surface area contributed by atoms with Crippen molar-refractivity contribution in [3.8, 4) is 0 Å². The number of hydrogen-bond acceptors (Lipinski definition) is 9. The second kappa shape index (κ2) is 13.2. The van der Waals surface area contributed by atoms with Crippen LogP contribution in [0.4, 0.5) is 5.69 Å². The van der Waals surface area contributed by atoms with Crippen LogP contribution in [0.2, 0.25) is 0 Å². The van der Waals surface area contributed by atoms with Crippen LogP contribution in [0.5, 0.6) is 0 Å². The van der Waals surface area contributed by atoms with Crippen molar-refractivity contribution in [2.45, 2.75) is 19.9 Å². The number of carbonyl (C=O) groups is 2. The van der Waals surface area contributed by atoms with Crippen LogP contribution in [0.25, 0.3) is 0 Å². The zero-order valence-electron chi connectivity index (χ0n) is 18.6. The molecule has 11 heteroatoms. The summed E-state index contributed by atoms with van der Waals surface area (Å²) in [5.74, 6) is -0.990. The van der Waals surface area contributed by atoms with E-state index >= 15 is 0 Å². The van der Waals surface area contributed by atoms with Crippen LogP contribution in [-0.4, -0.2) is 68.0 Å². The SMILES string of the molecule is CCOC(=O)c1ccc(N=c2sc(C(=O)OC)cc(=O)n2CCCN2CCOCC2)cc1.[Cl-]. The molecule has 0 amide bonds. The fraction of sp³-hybridized carbons (Fsp3) is 0.455. The molecule has 1 aliphatic rings. The van der Waals surface area contributed by atoms with Gasteiger partial charge in [0.1, 0.15) is 4.88 Å². The van der Waals surface area contributed by atoms with Crippen molar-refractivity contribution in [3.63, 3.8) is 0 Å². The molecule has 2 aromatic rings. The predicted octanol–water partition coefficient (Wildman–Crippen LogP) is -1.17. The number of methoxy groups -OCH3 is 1. The average Bonchev–Trinajstić information content (AvgIpc) is 2.81. The Hall–Kier alpha value is -2.53. The van der Waals surface area contributed by atoms with Crippen LogP contribution < -0.4 is 22.8 Å². The van der Waals surface area contributed by atoms with E-state index in [4.69, 9.17) is 14.2 Å². The molecule has 0 atom stereocenters. The lowest BCUT2D eigenvalue weighted by molar-refractivity contribution is -0.0000400. The zero-order chi connectivity index (χ0) is 22.9. The summed E-state index contributed by atoms with van der Waals surface area (Å²) in [6.07, 6.45) is 0.758. The second-order valence-corrected chi connectivity index (χ2v) is 8.07. The highest BCUT2D eigenvalue weighted by molar-refractivity contribution is 7.11. The molecule has 1 saturated heterocycles. The summed E-state index contributed by atoms with van der Waals surface area (Å²) in [7, 11) is 1.27. The maximum Gasteiger partial charge on any atom is 0.348 e. The summed E-state index contributed by atoms with van der Waals surface area (Å²) in [6, 6.07) is 7.87. The lowest BCUT2D eigenvalue weighted by atomic mass is 10.2. The third-order valence-corrected chi connectivity index (χ3v) is 5.90. The first kappa shape index (κ1) is 26.7. The van der Waals surface area contributed by atoms with E-state index in [9.17, 15) is 14.4 Å². The van der Waals surface area contributed by atoms with Crippen LogP contribution in [-0.2, 0) is 20.8 Å². The number of rotatable bonds is 8. The topological polar surface area (TPSA) is 99.4 Å². The van der Waals surface area contributed by atoms with Crippen LogP contribution >= 0.6 is 11.3 Å². The summed E-state index contributed by atoms with van der Waals surface area (Å²) in [6.45, 7) is 6.54. The van der Waals surface area contributed by atoms with Gasteiger partial charge >= 0.3 is 11.9 Å². The summed E-state index contributed by atoms with van der Waals surface area (Å²) < 4.78 is 16.7. The Balaban J connectivity index is 0.00000385. The lowest BCUT2D eigenvalue weighted by Gasteiger charge is -2.26. The summed E-state index contributed by atoms with van der Waals surface area (Å²) in [5.41, 5.74) is 0.659. The molecule has 0 radical (unpaired) electrons. The van der Waals surface area contributed by atoms with Crippen LogP contribution in [0.1, 0.15) is 33.4 Å². The third-order valence-electron chi connectivity index (χ3n) is 4.90. The van der Waals surface area contributed by atoms with Crippen molar-refractivity contribution in [2.24, 2.45) is 4.99 Å². The molecule has 180 valence electrons. The monoisotopic (exact) mass is 496 g/mol. The van der Waals surface area contributed by atoms with Gasteiger partial charge in [-0.25, -0.2) is 14.6 Å². The molecular formula is C22H27ClN3O6S-. The first-order valence-electron chi connectivity index (χ1n) is 10.5. The highest BCUT2D eigenvalue weighted by Gasteiger charge is 2.14. The molecule has 3 rings (SSSR count). The molecule has 9 nitrogen and oxygen atoms in total. The minimum absolute atomic E-state index is 0. The van der Waals surface area contributed by atoms with Gasteiger partial charge < -0.3 is 26.6 Å². The van der Waals surface area contributed by atoms with E-state index in [1.54, 1.807) is 35.8 Å². The number of ether oxygens (including phenoxy) is 3. The van der Waals surface area contributed by atoms with E-state index in [0.29, 0.717) is 29.2 Å². The van der Waals surface area contributed by atoms with Crippen molar-refractivity contribution in [1.82, 2.24) is 9.47 Å². The number of nitrogens with zero attached hydrogens (tertiary/aromatic N) is 3. The van der Waals surface area contributed by atoms with Crippen molar-refractivity contribution < 1.29 is 36.2 Å². The highest BCUT2D eigenvalue weighted by Crippen LogP contribution is 2.14. The largest absolute Gasteiger partial charge is 1.00 e. The fourth-order valence-corrected chi connectivity index (χ4v) is 4.20. The third kappa shape index (κ3) is 7.50. The Morgan fingerprint density at radius 1 is 1.12 bits per heavy atom. The first-order chi connectivity index (χ1) is 15.5. The Kier molecular flexibility index (Phi) is 10.7. The van der Waals surface area contributed by atoms with E-state index in [0.717, 1.165) is 50.6 Å². The lowest BCUT2D eigenvalue weighted by Crippen LogP contribution is -3.00. The molecule has 1 aromatic heterocycles. The molecule has 0 unspecified atom stereocenters. The molecule has 0 bridgehead atoms. The molecule has 0 saturated carbocycles. The van der Waals surface area contributed by atoms with E-state index in [-0.39, 0.29) is 22.8 Å². The summed E-state index contributed by atoms with van der Waals surface area (Å²) in [4.78, 5) is 44.1. The van der Waals surface area contributed by atoms with E-state index < -0.39 is 11.9 Å². The Labute approximate surface area is 202 Å². The molecule has 1 fully saturated rings. The molecule has 2 heterocycles. The standard InChI is InChI=1S/C22H27N3O6S.ClH/c1-3-31-20(27)16-5-7-17(8-6-16)23-22-25(10-4-9-24-11-13-30-14-12-24)19(26)15-18(32-22)21(28)29-2;/h5-8,15H,3-4,9-14H2,1-2H3;1H/p-1. The van der Waals surface area contributed by atoms with Crippen molar-refractivity contribution in [3.05, 3.63) is 55.9 Å². The average molecular weight is 497 g/mol. The molecule has 1 aromatic carbocycles. The van der Waals surface area contributed by atoms with Gasteiger partial charge in [-0.1, -0.05) is 11.3 Å². The van der Waals surface area contributed by atoms with Crippen molar-refractivity contribution in [1.29, 1.82) is 0 Å². The zero-order valence-corrected chi connectivity index (χ0v) is 20.2. The van der Waals surface area contributed by atoms with Crippen LogP contribution in [0, 0.1) is 0 Å². The van der Waals surface area contributed by atoms with Gasteiger partial charge in [-0.2, -0.15) is 0 Å². The van der Waals surface area contributed by atoms with Gasteiger partial charge in [-0.15, -0.1) is 0 Å². The van der Waals surface area contributed by atoms with Gasteiger partial charge in [0.2, 0.25) is 0 Å². The van der Waals surface area contributed by atoms with Gasteiger partial charge in [0, 0.05) is 32.2 Å². The normalized spacial score (nSPS) is 14.4.